The van der Waals surface area contributed by atoms with Crippen molar-refractivity contribution in [2.45, 2.75) is 44.7 Å². The quantitative estimate of drug-likeness (QED) is 0.650. The molecular formula is C15H18Br2N2O. The number of ether oxygens (including phenoxy) is 1. The van der Waals surface area contributed by atoms with Crippen molar-refractivity contribution in [3.8, 4) is 11.8 Å². The lowest BCUT2D eigenvalue weighted by Crippen LogP contribution is -2.15. The van der Waals surface area contributed by atoms with E-state index < -0.39 is 0 Å². The van der Waals surface area contributed by atoms with E-state index in [-0.39, 0.29) is 0 Å². The van der Waals surface area contributed by atoms with Crippen molar-refractivity contribution in [1.82, 2.24) is 5.32 Å². The third-order valence-electron chi connectivity index (χ3n) is 3.16. The van der Waals surface area contributed by atoms with E-state index >= 15 is 0 Å². The van der Waals surface area contributed by atoms with Gasteiger partial charge in [0.1, 0.15) is 5.75 Å². The van der Waals surface area contributed by atoms with E-state index in [0.29, 0.717) is 19.1 Å². The van der Waals surface area contributed by atoms with Crippen LogP contribution in [0.1, 0.15) is 37.7 Å². The molecular weight excluding hydrogens is 384 g/mol. The first-order valence-corrected chi connectivity index (χ1v) is 8.50. The van der Waals surface area contributed by atoms with E-state index in [1.165, 1.54) is 18.4 Å². The van der Waals surface area contributed by atoms with Gasteiger partial charge in [0, 0.05) is 19.0 Å². The molecule has 1 N–H and O–H groups in total. The van der Waals surface area contributed by atoms with Crippen LogP contribution in [-0.4, -0.2) is 12.6 Å². The number of nitrogens with zero attached hydrogens (tertiary/aromatic N) is 1. The van der Waals surface area contributed by atoms with E-state index in [4.69, 9.17) is 10.00 Å². The van der Waals surface area contributed by atoms with Gasteiger partial charge in [-0.05, 0) is 75.2 Å². The third-order valence-corrected chi connectivity index (χ3v) is 4.34. The lowest BCUT2D eigenvalue weighted by molar-refractivity contribution is 0.304. The summed E-state index contributed by atoms with van der Waals surface area (Å²) in [6.07, 6.45) is 4.97. The number of nitriles is 1. The highest BCUT2D eigenvalue weighted by Gasteiger charge is 2.20. The van der Waals surface area contributed by atoms with Crippen molar-refractivity contribution in [2.24, 2.45) is 0 Å². The highest BCUT2D eigenvalue weighted by atomic mass is 79.9. The Hall–Kier alpha value is -0.570. The lowest BCUT2D eigenvalue weighted by atomic mass is 10.2. The average molecular weight is 402 g/mol. The largest absolute Gasteiger partial charge is 0.491 e. The fraction of sp³-hybridized carbons (Fsp3) is 0.533. The maximum Gasteiger partial charge on any atom is 0.147 e. The van der Waals surface area contributed by atoms with E-state index in [1.54, 1.807) is 0 Å². The highest BCUT2D eigenvalue weighted by molar-refractivity contribution is 9.11. The van der Waals surface area contributed by atoms with Gasteiger partial charge < -0.3 is 10.1 Å². The molecule has 108 valence electrons. The summed E-state index contributed by atoms with van der Waals surface area (Å²) < 4.78 is 7.73. The number of halogens is 2. The summed E-state index contributed by atoms with van der Waals surface area (Å²) in [5.41, 5.74) is 1.24. The second-order valence-corrected chi connectivity index (χ2v) is 6.72. The summed E-state index contributed by atoms with van der Waals surface area (Å²) >= 11 is 7.14. The monoisotopic (exact) mass is 400 g/mol. The summed E-state index contributed by atoms with van der Waals surface area (Å²) in [5.74, 6) is 0.845. The van der Waals surface area contributed by atoms with Crippen molar-refractivity contribution in [2.75, 3.05) is 6.61 Å². The maximum absolute atomic E-state index is 8.48. The number of hydrogen-bond donors (Lipinski definition) is 1. The first-order valence-electron chi connectivity index (χ1n) is 6.91. The summed E-state index contributed by atoms with van der Waals surface area (Å²) in [5, 5.41) is 12.0. The molecule has 0 saturated heterocycles. The minimum atomic E-state index is 0.595. The molecule has 1 aliphatic carbocycles. The van der Waals surface area contributed by atoms with Gasteiger partial charge in [-0.1, -0.05) is 0 Å². The van der Waals surface area contributed by atoms with Crippen LogP contribution in [-0.2, 0) is 6.54 Å². The van der Waals surface area contributed by atoms with Gasteiger partial charge >= 0.3 is 0 Å². The number of hydrogen-bond acceptors (Lipinski definition) is 3. The molecule has 5 heteroatoms. The van der Waals surface area contributed by atoms with Gasteiger partial charge in [-0.15, -0.1) is 0 Å². The molecule has 0 radical (unpaired) electrons. The first-order chi connectivity index (χ1) is 9.70. The minimum Gasteiger partial charge on any atom is -0.491 e. The van der Waals surface area contributed by atoms with Crippen LogP contribution in [0.5, 0.6) is 5.75 Å². The molecule has 0 bridgehead atoms. The number of benzene rings is 1. The second-order valence-electron chi connectivity index (χ2n) is 5.01. The van der Waals surface area contributed by atoms with Crippen molar-refractivity contribution in [3.05, 3.63) is 26.6 Å². The Kier molecular flexibility index (Phi) is 6.34. The van der Waals surface area contributed by atoms with Crippen molar-refractivity contribution in [3.63, 3.8) is 0 Å². The summed E-state index contributed by atoms with van der Waals surface area (Å²) in [7, 11) is 0. The second kappa shape index (κ2) is 8.02. The topological polar surface area (TPSA) is 45.0 Å². The Morgan fingerprint density at radius 3 is 2.55 bits per heavy atom. The number of unbranched alkanes of at least 4 members (excludes halogenated alkanes) is 2. The van der Waals surface area contributed by atoms with Crippen LogP contribution in [0.25, 0.3) is 0 Å². The fourth-order valence-corrected chi connectivity index (χ4v) is 3.39. The van der Waals surface area contributed by atoms with E-state index in [0.717, 1.165) is 34.1 Å². The van der Waals surface area contributed by atoms with Crippen LogP contribution in [0.15, 0.2) is 21.1 Å². The van der Waals surface area contributed by atoms with Gasteiger partial charge in [0.15, 0.2) is 0 Å². The molecule has 0 aliphatic heterocycles. The Balaban J connectivity index is 1.86. The zero-order valence-corrected chi connectivity index (χ0v) is 14.5. The van der Waals surface area contributed by atoms with Crippen LogP contribution in [0.2, 0.25) is 0 Å². The molecule has 2 rings (SSSR count). The molecule has 1 aromatic rings. The fourth-order valence-electron chi connectivity index (χ4n) is 1.88. The molecule has 0 heterocycles. The van der Waals surface area contributed by atoms with E-state index in [2.05, 4.69) is 55.4 Å². The molecule has 1 aromatic carbocycles. The average Bonchev–Trinajstić information content (AvgIpc) is 3.23. The predicted octanol–water partition coefficient (Wildman–Crippen LogP) is 4.54. The maximum atomic E-state index is 8.48. The van der Waals surface area contributed by atoms with Crippen LogP contribution >= 0.6 is 31.9 Å². The molecule has 0 unspecified atom stereocenters. The summed E-state index contributed by atoms with van der Waals surface area (Å²) in [6.45, 7) is 1.53. The van der Waals surface area contributed by atoms with E-state index in [9.17, 15) is 0 Å². The van der Waals surface area contributed by atoms with Gasteiger partial charge in [-0.25, -0.2) is 0 Å². The predicted molar refractivity (Wildman–Crippen MR) is 86.7 cm³/mol. The molecule has 0 spiro atoms. The van der Waals surface area contributed by atoms with E-state index in [1.807, 2.05) is 0 Å². The van der Waals surface area contributed by atoms with Crippen LogP contribution in [0, 0.1) is 11.3 Å². The molecule has 0 aromatic heterocycles. The van der Waals surface area contributed by atoms with Gasteiger partial charge in [0.05, 0.1) is 21.6 Å². The zero-order chi connectivity index (χ0) is 14.4. The van der Waals surface area contributed by atoms with Gasteiger partial charge in [-0.3, -0.25) is 0 Å². The van der Waals surface area contributed by atoms with Gasteiger partial charge in [0.25, 0.3) is 0 Å². The smallest absolute Gasteiger partial charge is 0.147 e. The summed E-state index contributed by atoms with van der Waals surface area (Å²) in [4.78, 5) is 0. The molecule has 0 atom stereocenters. The molecule has 1 saturated carbocycles. The molecule has 1 fully saturated rings. The molecule has 0 amide bonds. The minimum absolute atomic E-state index is 0.595. The van der Waals surface area contributed by atoms with Crippen LogP contribution < -0.4 is 10.1 Å². The van der Waals surface area contributed by atoms with Crippen LogP contribution in [0.4, 0.5) is 0 Å². The standard InChI is InChI=1S/C15H18Br2N2O/c16-13-8-11(10-19-12-4-5-12)9-14(17)15(13)20-7-3-1-2-6-18/h8-9,12,19H,1-5,7,10H2. The SMILES string of the molecule is N#CCCCCOc1c(Br)cc(CNC2CC2)cc1Br. The van der Waals surface area contributed by atoms with Gasteiger partial charge in [-0.2, -0.15) is 5.26 Å². The number of nitrogens with one attached hydrogen (secondary N) is 1. The normalized spacial score (nSPS) is 14.1. The molecule has 3 nitrogen and oxygen atoms in total. The zero-order valence-electron chi connectivity index (χ0n) is 11.3. The van der Waals surface area contributed by atoms with Crippen molar-refractivity contribution >= 4 is 31.9 Å². The summed E-state index contributed by atoms with van der Waals surface area (Å²) in [6, 6.07) is 7.06. The Morgan fingerprint density at radius 2 is 1.95 bits per heavy atom. The molecule has 1 aliphatic rings. The lowest BCUT2D eigenvalue weighted by Gasteiger charge is -2.12. The Labute approximate surface area is 137 Å². The number of rotatable bonds is 8. The molecule has 20 heavy (non-hydrogen) atoms. The van der Waals surface area contributed by atoms with Crippen molar-refractivity contribution < 1.29 is 4.74 Å². The van der Waals surface area contributed by atoms with Crippen LogP contribution in [0.3, 0.4) is 0 Å². The Bertz CT molecular complexity index is 472. The third kappa shape index (κ3) is 5.08. The first kappa shape index (κ1) is 15.8. The Morgan fingerprint density at radius 1 is 1.25 bits per heavy atom. The van der Waals surface area contributed by atoms with Crippen molar-refractivity contribution in [1.29, 1.82) is 5.26 Å². The van der Waals surface area contributed by atoms with Gasteiger partial charge in [0.2, 0.25) is 0 Å². The highest BCUT2D eigenvalue weighted by Crippen LogP contribution is 2.35.